The minimum atomic E-state index is -3.00. The van der Waals surface area contributed by atoms with Crippen LogP contribution in [0.3, 0.4) is 0 Å². The molecule has 0 saturated heterocycles. The molecule has 0 spiro atoms. The molecule has 0 aliphatic heterocycles. The maximum Gasteiger partial charge on any atom is 0.332 e. The highest BCUT2D eigenvalue weighted by Crippen LogP contribution is 2.69. The Morgan fingerprint density at radius 1 is 0.852 bits per heavy atom. The summed E-state index contributed by atoms with van der Waals surface area (Å²) < 4.78 is 65.0. The molecule has 13 heteroatoms. The highest BCUT2D eigenvalue weighted by atomic mass is 19.3. The minimum Gasteiger partial charge on any atom is -0.459 e. The number of hydrogen-bond donors (Lipinski definition) is 4. The van der Waals surface area contributed by atoms with Gasteiger partial charge in [0.05, 0.1) is 0 Å². The summed E-state index contributed by atoms with van der Waals surface area (Å²) in [4.78, 5) is 37.1. The summed E-state index contributed by atoms with van der Waals surface area (Å²) in [5, 5.41) is 0. The second-order valence-corrected chi connectivity index (χ2v) is 16.6. The van der Waals surface area contributed by atoms with Crippen LogP contribution in [0.5, 0.6) is 0 Å². The van der Waals surface area contributed by atoms with Crippen LogP contribution >= 0.6 is 0 Å². The zero-order valence-corrected chi connectivity index (χ0v) is 32.2. The van der Waals surface area contributed by atoms with Crippen molar-refractivity contribution in [3.8, 4) is 0 Å². The third-order valence-corrected chi connectivity index (χ3v) is 13.5. The lowest BCUT2D eigenvalue weighted by Crippen LogP contribution is -2.61. The summed E-state index contributed by atoms with van der Waals surface area (Å²) in [7, 11) is 0. The third-order valence-electron chi connectivity index (χ3n) is 13.5. The van der Waals surface area contributed by atoms with Gasteiger partial charge in [-0.2, -0.15) is 0 Å². The second kappa shape index (κ2) is 17.9. The number of rotatable bonds is 15. The highest BCUT2D eigenvalue weighted by Gasteiger charge is 2.66. The topological polar surface area (TPSA) is 174 Å². The van der Waals surface area contributed by atoms with Crippen molar-refractivity contribution < 1.29 is 41.4 Å². The van der Waals surface area contributed by atoms with E-state index in [9.17, 15) is 31.9 Å². The Kier molecular flexibility index (Phi) is 14.6. The molecule has 0 radical (unpaired) electrons. The molecular weight excluding hydrogens is 704 g/mol. The quantitative estimate of drug-likeness (QED) is 0.111. The van der Waals surface area contributed by atoms with Crippen molar-refractivity contribution in [1.82, 2.24) is 0 Å². The fourth-order valence-corrected chi connectivity index (χ4v) is 10.2. The monoisotopic (exact) mass is 766 g/mol. The van der Waals surface area contributed by atoms with Gasteiger partial charge in [0.1, 0.15) is 12.2 Å². The molecule has 3 fully saturated rings. The van der Waals surface area contributed by atoms with E-state index in [1.54, 1.807) is 30.3 Å². The summed E-state index contributed by atoms with van der Waals surface area (Å²) in [5.74, 6) is -0.424. The van der Waals surface area contributed by atoms with Gasteiger partial charge in [-0.15, -0.1) is 0 Å². The number of carbonyl (C=O) groups is 3. The van der Waals surface area contributed by atoms with Gasteiger partial charge in [0, 0.05) is 11.8 Å². The number of alkyl halides is 4. The maximum atomic E-state index is 14.0. The van der Waals surface area contributed by atoms with Crippen molar-refractivity contribution in [2.75, 3.05) is 13.1 Å². The van der Waals surface area contributed by atoms with Crippen molar-refractivity contribution in [3.05, 3.63) is 47.5 Å². The van der Waals surface area contributed by atoms with Gasteiger partial charge in [0.15, 0.2) is 16.9 Å². The van der Waals surface area contributed by atoms with Gasteiger partial charge in [-0.3, -0.25) is 4.79 Å². The Morgan fingerprint density at radius 2 is 1.44 bits per heavy atom. The van der Waals surface area contributed by atoms with E-state index in [1.807, 2.05) is 6.08 Å². The summed E-state index contributed by atoms with van der Waals surface area (Å²) in [6.07, 6.45) is 4.60. The maximum absolute atomic E-state index is 14.0. The number of hydrogen-bond acceptors (Lipinski definition) is 9. The van der Waals surface area contributed by atoms with Gasteiger partial charge in [-0.1, -0.05) is 63.1 Å². The molecule has 0 bridgehead atoms. The second-order valence-electron chi connectivity index (χ2n) is 16.6. The fourth-order valence-electron chi connectivity index (χ4n) is 10.2. The molecular formula is C41H62F4N4O5. The molecule has 4 aliphatic carbocycles. The lowest BCUT2D eigenvalue weighted by molar-refractivity contribution is -0.197. The van der Waals surface area contributed by atoms with Crippen molar-refractivity contribution in [3.63, 3.8) is 0 Å². The van der Waals surface area contributed by atoms with Crippen LogP contribution < -0.4 is 22.9 Å². The number of ketones is 1. The summed E-state index contributed by atoms with van der Waals surface area (Å²) >= 11 is 0. The average Bonchev–Trinajstić information content (AvgIpc) is 3.43. The molecule has 0 amide bonds. The van der Waals surface area contributed by atoms with Gasteiger partial charge < -0.3 is 32.4 Å². The molecule has 5 rings (SSSR count). The zero-order chi connectivity index (χ0) is 40.0. The van der Waals surface area contributed by atoms with E-state index < -0.39 is 41.5 Å². The van der Waals surface area contributed by atoms with Crippen LogP contribution in [-0.4, -0.2) is 60.3 Å². The van der Waals surface area contributed by atoms with Gasteiger partial charge in [-0.05, 0) is 125 Å². The number of fused-ring (bicyclic) bond motifs is 5. The molecule has 8 N–H and O–H groups in total. The van der Waals surface area contributed by atoms with Gasteiger partial charge in [-0.25, -0.2) is 27.2 Å². The van der Waals surface area contributed by atoms with Gasteiger partial charge in [0.2, 0.25) is 0 Å². The predicted molar refractivity (Wildman–Crippen MR) is 199 cm³/mol. The average molecular weight is 767 g/mol. The van der Waals surface area contributed by atoms with E-state index in [2.05, 4.69) is 20.8 Å². The molecule has 304 valence electrons. The van der Waals surface area contributed by atoms with E-state index in [0.29, 0.717) is 42.6 Å². The first-order valence-corrected chi connectivity index (χ1v) is 19.7. The van der Waals surface area contributed by atoms with Crippen molar-refractivity contribution in [2.24, 2.45) is 51.5 Å². The number of allylic oxidation sites excluding steroid dienone is 1. The Bertz CT molecular complexity index is 1480. The molecule has 4 aliphatic rings. The molecule has 9 nitrogen and oxygen atoms in total. The smallest absolute Gasteiger partial charge is 0.332 e. The zero-order valence-electron chi connectivity index (χ0n) is 32.2. The van der Waals surface area contributed by atoms with Crippen molar-refractivity contribution in [2.45, 2.75) is 147 Å². The Balaban J connectivity index is 0.000000290. The van der Waals surface area contributed by atoms with Crippen LogP contribution in [-0.2, 0) is 30.5 Å². The first-order valence-electron chi connectivity index (χ1n) is 19.7. The molecule has 0 heterocycles. The summed E-state index contributed by atoms with van der Waals surface area (Å²) in [5.41, 5.74) is 18.7. The highest BCUT2D eigenvalue weighted by molar-refractivity contribution is 5.91. The molecule has 8 unspecified atom stereocenters. The first kappa shape index (κ1) is 43.9. The summed E-state index contributed by atoms with van der Waals surface area (Å²) in [6.45, 7) is 6.96. The SMILES string of the molecule is CCCC1(OC(=O)C(N)(CCCN)C(F)F)CCC2C3CCC4=CC(=O)CCC4(C)C3CCC21C.NCCCC(N)(C(=O)OCc1ccccc1)C(F)F. The number of benzene rings is 1. The van der Waals surface area contributed by atoms with Crippen LogP contribution in [0.25, 0.3) is 0 Å². The minimum absolute atomic E-state index is 0.0646. The Morgan fingerprint density at radius 3 is 2.02 bits per heavy atom. The lowest BCUT2D eigenvalue weighted by Gasteiger charge is -2.59. The summed E-state index contributed by atoms with van der Waals surface area (Å²) in [6, 6.07) is 8.79. The normalized spacial score (nSPS) is 31.2. The van der Waals surface area contributed by atoms with E-state index in [-0.39, 0.29) is 62.0 Å². The van der Waals surface area contributed by atoms with E-state index in [0.717, 1.165) is 44.9 Å². The van der Waals surface area contributed by atoms with Crippen LogP contribution in [0.4, 0.5) is 17.6 Å². The Labute approximate surface area is 317 Å². The fraction of sp³-hybridized carbons (Fsp3) is 0.732. The van der Waals surface area contributed by atoms with Crippen LogP contribution in [0.15, 0.2) is 42.0 Å². The number of esters is 2. The lowest BCUT2D eigenvalue weighted by atomic mass is 9.46. The van der Waals surface area contributed by atoms with Crippen LogP contribution in [0.1, 0.15) is 116 Å². The van der Waals surface area contributed by atoms with Crippen molar-refractivity contribution >= 4 is 17.7 Å². The standard InChI is InChI=1S/C28H44F2N2O3.C13H18F2N2O2/c1-4-11-27(35-24(34)28(32,23(29)30)12-5-16-31)15-10-22-20-7-6-18-17-19(33)8-13-25(18,2)21(20)9-14-26(22,27)3;14-11(15)13(17,7-4-8-16)12(18)19-9-10-5-2-1-3-6-10/h17,20-23H,4-16,31-32H2,1-3H3;1-3,5-6,11H,4,7-9,16-17H2. The largest absolute Gasteiger partial charge is 0.459 e. The van der Waals surface area contributed by atoms with E-state index in [1.165, 1.54) is 5.57 Å². The predicted octanol–water partition coefficient (Wildman–Crippen LogP) is 6.73. The van der Waals surface area contributed by atoms with Gasteiger partial charge >= 0.3 is 11.9 Å². The number of halogens is 4. The van der Waals surface area contributed by atoms with Crippen LogP contribution in [0, 0.1) is 28.6 Å². The van der Waals surface area contributed by atoms with Crippen molar-refractivity contribution in [1.29, 1.82) is 0 Å². The van der Waals surface area contributed by atoms with E-state index in [4.69, 9.17) is 32.4 Å². The Hall–Kier alpha value is -2.87. The van der Waals surface area contributed by atoms with Gasteiger partial charge in [0.25, 0.3) is 12.9 Å². The molecule has 0 aromatic heterocycles. The van der Waals surface area contributed by atoms with Crippen LogP contribution in [0.2, 0.25) is 0 Å². The number of carbonyl (C=O) groups excluding carboxylic acids is 3. The van der Waals surface area contributed by atoms with E-state index >= 15 is 0 Å². The molecule has 3 saturated carbocycles. The third kappa shape index (κ3) is 8.59. The first-order chi connectivity index (χ1) is 25.5. The molecule has 1 aromatic carbocycles. The number of nitrogens with two attached hydrogens (primary N) is 4. The molecule has 54 heavy (non-hydrogen) atoms. The molecule has 8 atom stereocenters. The molecule has 1 aromatic rings. The number of ether oxygens (including phenoxy) is 2.